The summed E-state index contributed by atoms with van der Waals surface area (Å²) in [7, 11) is 0. The minimum absolute atomic E-state index is 0.0165. The molecule has 1 saturated carbocycles. The lowest BCUT2D eigenvalue weighted by Crippen LogP contribution is -2.22. The van der Waals surface area contributed by atoms with Crippen LogP contribution in [0.3, 0.4) is 0 Å². The van der Waals surface area contributed by atoms with Gasteiger partial charge < -0.3 is 10.6 Å². The van der Waals surface area contributed by atoms with Gasteiger partial charge in [0.05, 0.1) is 22.9 Å². The molecule has 200 valence electrons. The van der Waals surface area contributed by atoms with Gasteiger partial charge in [-0.15, -0.1) is 0 Å². The van der Waals surface area contributed by atoms with Crippen LogP contribution < -0.4 is 10.6 Å². The number of rotatable bonds is 7. The number of aromatic nitrogens is 3. The summed E-state index contributed by atoms with van der Waals surface area (Å²) in [5.74, 6) is 0.181. The highest BCUT2D eigenvalue weighted by molar-refractivity contribution is 6.04. The lowest BCUT2D eigenvalue weighted by atomic mass is 9.90. The highest BCUT2D eigenvalue weighted by Gasteiger charge is 2.45. The van der Waals surface area contributed by atoms with Crippen molar-refractivity contribution >= 4 is 23.3 Å². The van der Waals surface area contributed by atoms with Crippen LogP contribution >= 0.6 is 0 Å². The number of anilines is 2. The zero-order valence-electron chi connectivity index (χ0n) is 22.9. The summed E-state index contributed by atoms with van der Waals surface area (Å²) in [5.41, 5.74) is 5.07. The average molecular weight is 531 g/mol. The molecule has 8 heteroatoms. The quantitative estimate of drug-likeness (QED) is 0.289. The molecule has 0 saturated heterocycles. The molecule has 2 aromatic heterocycles. The van der Waals surface area contributed by atoms with Gasteiger partial charge in [-0.3, -0.25) is 14.6 Å². The Morgan fingerprint density at radius 2 is 1.73 bits per heavy atom. The van der Waals surface area contributed by atoms with Crippen molar-refractivity contribution in [2.75, 3.05) is 10.6 Å². The normalized spacial score (nSPS) is 13.7. The van der Waals surface area contributed by atoms with Gasteiger partial charge in [0.25, 0.3) is 5.91 Å². The Kier molecular flexibility index (Phi) is 6.90. The number of benzene rings is 2. The van der Waals surface area contributed by atoms with E-state index in [0.29, 0.717) is 28.5 Å². The third-order valence-corrected chi connectivity index (χ3v) is 7.36. The number of hydrogen-bond donors (Lipinski definition) is 2. The van der Waals surface area contributed by atoms with Crippen LogP contribution in [-0.4, -0.2) is 26.8 Å². The Morgan fingerprint density at radius 3 is 2.48 bits per heavy atom. The maximum Gasteiger partial charge on any atom is 0.255 e. The maximum atomic E-state index is 13.1. The fourth-order valence-corrected chi connectivity index (χ4v) is 4.30. The molecule has 0 spiro atoms. The monoisotopic (exact) mass is 530 g/mol. The zero-order chi connectivity index (χ0) is 28.5. The van der Waals surface area contributed by atoms with Crippen molar-refractivity contribution in [3.63, 3.8) is 0 Å². The third-order valence-electron chi connectivity index (χ3n) is 7.36. The standard InChI is InChI=1S/C32H30N6O2/c1-20-8-9-24(37-29(39)23-10-13-34-27(15-23)31(2,3)18-33)16-25(20)21-6-5-7-22(14-21)26-17-28(36-19-35-26)38-30(40)32(4)11-12-32/h5-10,13-17,19H,11-12H2,1-4H3,(H,37,39)(H,35,36,38,40). The second-order valence-electron chi connectivity index (χ2n) is 11.0. The summed E-state index contributed by atoms with van der Waals surface area (Å²) < 4.78 is 0. The van der Waals surface area contributed by atoms with E-state index in [1.165, 1.54) is 6.33 Å². The SMILES string of the molecule is Cc1ccc(NC(=O)c2ccnc(C(C)(C)C#N)c2)cc1-c1cccc(-c2cc(NC(=O)C3(C)CC3)ncn2)c1. The molecule has 1 aliphatic carbocycles. The van der Waals surface area contributed by atoms with Gasteiger partial charge in [0, 0.05) is 34.5 Å². The fourth-order valence-electron chi connectivity index (χ4n) is 4.30. The molecule has 2 heterocycles. The molecule has 2 aromatic carbocycles. The summed E-state index contributed by atoms with van der Waals surface area (Å²) >= 11 is 0. The first kappa shape index (κ1) is 26.7. The van der Waals surface area contributed by atoms with E-state index in [2.05, 4.69) is 31.7 Å². The summed E-state index contributed by atoms with van der Waals surface area (Å²) in [6, 6.07) is 21.0. The second-order valence-corrected chi connectivity index (χ2v) is 11.0. The van der Waals surface area contributed by atoms with E-state index in [-0.39, 0.29) is 17.2 Å². The average Bonchev–Trinajstić information content (AvgIpc) is 3.73. The lowest BCUT2D eigenvalue weighted by molar-refractivity contribution is -0.120. The number of nitriles is 1. The summed E-state index contributed by atoms with van der Waals surface area (Å²) in [6.45, 7) is 7.51. The third kappa shape index (κ3) is 5.59. The lowest BCUT2D eigenvalue weighted by Gasteiger charge is -2.15. The van der Waals surface area contributed by atoms with Gasteiger partial charge in [0.1, 0.15) is 12.1 Å². The molecule has 5 rings (SSSR count). The fraction of sp³-hybridized carbons (Fsp3) is 0.250. The number of amides is 2. The van der Waals surface area contributed by atoms with Crippen LogP contribution in [0.15, 0.2) is 73.2 Å². The number of nitrogens with one attached hydrogen (secondary N) is 2. The van der Waals surface area contributed by atoms with Crippen LogP contribution in [0.4, 0.5) is 11.5 Å². The van der Waals surface area contributed by atoms with Gasteiger partial charge in [-0.25, -0.2) is 9.97 Å². The van der Waals surface area contributed by atoms with Gasteiger partial charge in [0.2, 0.25) is 5.91 Å². The Labute approximate surface area is 233 Å². The van der Waals surface area contributed by atoms with Crippen molar-refractivity contribution in [1.29, 1.82) is 5.26 Å². The molecular weight excluding hydrogens is 500 g/mol. The summed E-state index contributed by atoms with van der Waals surface area (Å²) in [4.78, 5) is 38.5. The van der Waals surface area contributed by atoms with E-state index in [1.807, 2.05) is 56.3 Å². The number of hydrogen-bond acceptors (Lipinski definition) is 6. The molecule has 4 aromatic rings. The van der Waals surface area contributed by atoms with Gasteiger partial charge >= 0.3 is 0 Å². The van der Waals surface area contributed by atoms with Crippen LogP contribution in [0, 0.1) is 23.7 Å². The van der Waals surface area contributed by atoms with E-state index < -0.39 is 5.41 Å². The highest BCUT2D eigenvalue weighted by Crippen LogP contribution is 2.45. The first-order valence-corrected chi connectivity index (χ1v) is 13.1. The van der Waals surface area contributed by atoms with E-state index in [1.54, 1.807) is 38.2 Å². The Balaban J connectivity index is 1.38. The van der Waals surface area contributed by atoms with Crippen molar-refractivity contribution < 1.29 is 9.59 Å². The first-order valence-electron chi connectivity index (χ1n) is 13.1. The maximum absolute atomic E-state index is 13.1. The molecule has 1 fully saturated rings. The Bertz CT molecular complexity index is 1670. The molecule has 0 radical (unpaired) electrons. The molecule has 0 unspecified atom stereocenters. The van der Waals surface area contributed by atoms with Crippen LogP contribution in [0.1, 0.15) is 55.2 Å². The van der Waals surface area contributed by atoms with Crippen LogP contribution in [0.2, 0.25) is 0 Å². The van der Waals surface area contributed by atoms with Crippen molar-refractivity contribution in [2.24, 2.45) is 5.41 Å². The summed E-state index contributed by atoms with van der Waals surface area (Å²) in [5, 5.41) is 15.3. The molecule has 1 aliphatic rings. The number of nitrogens with zero attached hydrogens (tertiary/aromatic N) is 4. The van der Waals surface area contributed by atoms with Gasteiger partial charge in [-0.2, -0.15) is 5.26 Å². The van der Waals surface area contributed by atoms with E-state index in [0.717, 1.165) is 35.1 Å². The van der Waals surface area contributed by atoms with Crippen LogP contribution in [-0.2, 0) is 10.2 Å². The molecule has 40 heavy (non-hydrogen) atoms. The molecule has 2 N–H and O–H groups in total. The topological polar surface area (TPSA) is 121 Å². The van der Waals surface area contributed by atoms with Gasteiger partial charge in [0.15, 0.2) is 0 Å². The number of aryl methyl sites for hydroxylation is 1. The predicted molar refractivity (Wildman–Crippen MR) is 154 cm³/mol. The van der Waals surface area contributed by atoms with Gasteiger partial charge in [-0.05, 0) is 80.6 Å². The van der Waals surface area contributed by atoms with Crippen LogP contribution in [0.25, 0.3) is 22.4 Å². The zero-order valence-corrected chi connectivity index (χ0v) is 22.9. The predicted octanol–water partition coefficient (Wildman–Crippen LogP) is 6.31. The van der Waals surface area contributed by atoms with Crippen LogP contribution in [0.5, 0.6) is 0 Å². The van der Waals surface area contributed by atoms with Crippen molar-refractivity contribution in [3.8, 4) is 28.5 Å². The molecular formula is C32H30N6O2. The number of carbonyl (C=O) groups excluding carboxylic acids is 2. The minimum Gasteiger partial charge on any atom is -0.322 e. The molecule has 0 aliphatic heterocycles. The number of carbonyl (C=O) groups is 2. The minimum atomic E-state index is -0.802. The number of pyridine rings is 1. The van der Waals surface area contributed by atoms with E-state index in [9.17, 15) is 14.9 Å². The molecule has 0 bridgehead atoms. The summed E-state index contributed by atoms with van der Waals surface area (Å²) in [6.07, 6.45) is 4.78. The first-order chi connectivity index (χ1) is 19.1. The van der Waals surface area contributed by atoms with E-state index in [4.69, 9.17) is 0 Å². The van der Waals surface area contributed by atoms with Crippen molar-refractivity contribution in [3.05, 3.63) is 90.0 Å². The Morgan fingerprint density at radius 1 is 0.950 bits per heavy atom. The Hall–Kier alpha value is -4.90. The highest BCUT2D eigenvalue weighted by atomic mass is 16.2. The second kappa shape index (κ2) is 10.3. The smallest absolute Gasteiger partial charge is 0.255 e. The van der Waals surface area contributed by atoms with E-state index >= 15 is 0 Å². The molecule has 2 amide bonds. The molecule has 0 atom stereocenters. The van der Waals surface area contributed by atoms with Crippen molar-refractivity contribution in [1.82, 2.24) is 15.0 Å². The van der Waals surface area contributed by atoms with Gasteiger partial charge in [-0.1, -0.05) is 31.2 Å². The van der Waals surface area contributed by atoms with Crippen molar-refractivity contribution in [2.45, 2.75) is 46.0 Å². The largest absolute Gasteiger partial charge is 0.322 e. The molecule has 8 nitrogen and oxygen atoms in total.